The molecule has 5 heteroatoms. The second-order valence-electron chi connectivity index (χ2n) is 6.96. The Bertz CT molecular complexity index is 599. The molecule has 1 saturated heterocycles. The Kier molecular flexibility index (Phi) is 5.65. The van der Waals surface area contributed by atoms with Crippen molar-refractivity contribution in [2.24, 2.45) is 11.8 Å². The summed E-state index contributed by atoms with van der Waals surface area (Å²) in [6.45, 7) is 11.1. The van der Waals surface area contributed by atoms with Crippen LogP contribution in [0.15, 0.2) is 35.5 Å². The number of fused-ring (bicyclic) bond motifs is 1. The zero-order chi connectivity index (χ0) is 18.0. The van der Waals surface area contributed by atoms with Gasteiger partial charge in [-0.05, 0) is 44.4 Å². The number of rotatable bonds is 2. The number of carbonyl (C=O) groups is 2. The largest absolute Gasteiger partial charge is 0.457 e. The lowest BCUT2D eigenvalue weighted by Gasteiger charge is -2.27. The number of aliphatic hydroxyl groups is 1. The monoisotopic (exact) mass is 334 g/mol. The average Bonchev–Trinajstić information content (AvgIpc) is 2.77. The fourth-order valence-corrected chi connectivity index (χ4v) is 2.94. The van der Waals surface area contributed by atoms with E-state index >= 15 is 0 Å². The number of esters is 2. The van der Waals surface area contributed by atoms with Gasteiger partial charge >= 0.3 is 11.9 Å². The summed E-state index contributed by atoms with van der Waals surface area (Å²) >= 11 is 0. The number of allylic oxidation sites excluding steroid dienone is 1. The van der Waals surface area contributed by atoms with E-state index in [-0.39, 0.29) is 11.9 Å². The Morgan fingerprint density at radius 3 is 2.67 bits per heavy atom. The maximum atomic E-state index is 12.1. The molecular weight excluding hydrogens is 308 g/mol. The molecule has 1 N–H and O–H groups in total. The van der Waals surface area contributed by atoms with Crippen LogP contribution in [-0.4, -0.2) is 35.4 Å². The van der Waals surface area contributed by atoms with Crippen molar-refractivity contribution in [1.29, 1.82) is 0 Å². The van der Waals surface area contributed by atoms with Gasteiger partial charge in [-0.15, -0.1) is 0 Å². The summed E-state index contributed by atoms with van der Waals surface area (Å²) in [5.74, 6) is -1.56. The maximum absolute atomic E-state index is 12.1. The van der Waals surface area contributed by atoms with Crippen molar-refractivity contribution in [3.63, 3.8) is 0 Å². The zero-order valence-corrected chi connectivity index (χ0v) is 14.7. The first-order valence-electron chi connectivity index (χ1n) is 8.34. The van der Waals surface area contributed by atoms with Gasteiger partial charge in [-0.2, -0.15) is 0 Å². The summed E-state index contributed by atoms with van der Waals surface area (Å²) in [6, 6.07) is 0. The van der Waals surface area contributed by atoms with E-state index in [0.717, 1.165) is 11.1 Å². The zero-order valence-electron chi connectivity index (χ0n) is 14.7. The molecule has 0 aromatic carbocycles. The Morgan fingerprint density at radius 2 is 2.04 bits per heavy atom. The van der Waals surface area contributed by atoms with Crippen molar-refractivity contribution in [1.82, 2.24) is 0 Å². The Hall–Kier alpha value is -1.88. The van der Waals surface area contributed by atoms with Gasteiger partial charge in [0.15, 0.2) is 0 Å². The number of hydrogen-bond acceptors (Lipinski definition) is 5. The van der Waals surface area contributed by atoms with Crippen molar-refractivity contribution < 1.29 is 24.2 Å². The molecule has 4 atom stereocenters. The third-order valence-electron chi connectivity index (χ3n) is 4.55. The summed E-state index contributed by atoms with van der Waals surface area (Å²) < 4.78 is 11.0. The third-order valence-corrected chi connectivity index (χ3v) is 4.55. The predicted molar refractivity (Wildman–Crippen MR) is 90.0 cm³/mol. The van der Waals surface area contributed by atoms with Gasteiger partial charge in [0.1, 0.15) is 12.2 Å². The normalized spacial score (nSPS) is 35.4. The lowest BCUT2D eigenvalue weighted by Crippen LogP contribution is -2.33. The van der Waals surface area contributed by atoms with Crippen LogP contribution in [0.25, 0.3) is 0 Å². The van der Waals surface area contributed by atoms with Gasteiger partial charge < -0.3 is 14.6 Å². The minimum absolute atomic E-state index is 0.266. The van der Waals surface area contributed by atoms with Crippen LogP contribution in [0.2, 0.25) is 0 Å². The molecule has 132 valence electrons. The number of carbonyl (C=O) groups excluding carboxylic acids is 2. The van der Waals surface area contributed by atoms with E-state index in [1.807, 2.05) is 19.9 Å². The third kappa shape index (κ3) is 3.96. The topological polar surface area (TPSA) is 72.8 Å². The van der Waals surface area contributed by atoms with Crippen molar-refractivity contribution in [2.45, 2.75) is 58.8 Å². The summed E-state index contributed by atoms with van der Waals surface area (Å²) in [5, 5.41) is 10.2. The predicted octanol–water partition coefficient (Wildman–Crippen LogP) is 2.70. The highest BCUT2D eigenvalue weighted by Crippen LogP contribution is 2.35. The van der Waals surface area contributed by atoms with E-state index in [4.69, 9.17) is 9.47 Å². The van der Waals surface area contributed by atoms with E-state index in [1.54, 1.807) is 19.9 Å². The van der Waals surface area contributed by atoms with Gasteiger partial charge in [-0.25, -0.2) is 4.79 Å². The molecule has 0 bridgehead atoms. The minimum Gasteiger partial charge on any atom is -0.457 e. The summed E-state index contributed by atoms with van der Waals surface area (Å²) in [5.41, 5.74) is 2.04. The van der Waals surface area contributed by atoms with Crippen LogP contribution in [0.5, 0.6) is 0 Å². The lowest BCUT2D eigenvalue weighted by molar-refractivity contribution is -0.152. The van der Waals surface area contributed by atoms with Crippen LogP contribution in [0.4, 0.5) is 0 Å². The molecule has 0 spiro atoms. The summed E-state index contributed by atoms with van der Waals surface area (Å²) in [4.78, 5) is 24.1. The molecule has 0 unspecified atom stereocenters. The highest BCUT2D eigenvalue weighted by Gasteiger charge is 2.44. The molecule has 0 saturated carbocycles. The highest BCUT2D eigenvalue weighted by molar-refractivity contribution is 5.91. The fourth-order valence-electron chi connectivity index (χ4n) is 2.94. The van der Waals surface area contributed by atoms with Crippen LogP contribution in [0.1, 0.15) is 40.5 Å². The van der Waals surface area contributed by atoms with E-state index < -0.39 is 30.2 Å². The van der Waals surface area contributed by atoms with Crippen LogP contribution < -0.4 is 0 Å². The summed E-state index contributed by atoms with van der Waals surface area (Å²) in [7, 11) is 0. The van der Waals surface area contributed by atoms with Gasteiger partial charge in [-0.1, -0.05) is 26.0 Å². The Balaban J connectivity index is 2.43. The van der Waals surface area contributed by atoms with Crippen LogP contribution in [0.3, 0.4) is 0 Å². The molecule has 0 radical (unpaired) electrons. The molecule has 1 heterocycles. The minimum atomic E-state index is -0.608. The first-order valence-corrected chi connectivity index (χ1v) is 8.34. The van der Waals surface area contributed by atoms with Gasteiger partial charge in [-0.3, -0.25) is 4.79 Å². The molecule has 2 rings (SSSR count). The van der Waals surface area contributed by atoms with Gasteiger partial charge in [0.05, 0.1) is 17.9 Å². The molecule has 2 aliphatic rings. The quantitative estimate of drug-likeness (QED) is 0.477. The second-order valence-corrected chi connectivity index (χ2v) is 6.96. The molecule has 1 fully saturated rings. The number of aliphatic hydroxyl groups excluding tert-OH is 1. The number of hydrogen-bond donors (Lipinski definition) is 1. The molecule has 0 aromatic heterocycles. The SMILES string of the molecule is C=C1C(=O)O[C@H]2/C=C(/C)[C@@H](O)CC/C(C)=C/[C@@H](OC(=O)C(C)C)[C@H]12. The van der Waals surface area contributed by atoms with Crippen molar-refractivity contribution in [2.75, 3.05) is 0 Å². The first-order chi connectivity index (χ1) is 11.2. The van der Waals surface area contributed by atoms with E-state index in [1.165, 1.54) is 0 Å². The van der Waals surface area contributed by atoms with Gasteiger partial charge in [0.25, 0.3) is 0 Å². The average molecular weight is 334 g/mol. The first kappa shape index (κ1) is 18.5. The van der Waals surface area contributed by atoms with Crippen molar-refractivity contribution in [3.05, 3.63) is 35.5 Å². The second kappa shape index (κ2) is 7.34. The summed E-state index contributed by atoms with van der Waals surface area (Å²) in [6.07, 6.45) is 3.07. The fraction of sp³-hybridized carbons (Fsp3) is 0.579. The molecule has 0 amide bonds. The molecule has 0 aromatic rings. The maximum Gasteiger partial charge on any atom is 0.334 e. The van der Waals surface area contributed by atoms with E-state index in [0.29, 0.717) is 18.4 Å². The van der Waals surface area contributed by atoms with Crippen molar-refractivity contribution >= 4 is 11.9 Å². The van der Waals surface area contributed by atoms with E-state index in [2.05, 4.69) is 6.58 Å². The van der Waals surface area contributed by atoms with Crippen LogP contribution in [0, 0.1) is 11.8 Å². The van der Waals surface area contributed by atoms with Crippen LogP contribution >= 0.6 is 0 Å². The van der Waals surface area contributed by atoms with Gasteiger partial charge in [0.2, 0.25) is 0 Å². The van der Waals surface area contributed by atoms with E-state index in [9.17, 15) is 14.7 Å². The molecule has 1 aliphatic carbocycles. The molecule has 1 aliphatic heterocycles. The van der Waals surface area contributed by atoms with Crippen molar-refractivity contribution in [3.8, 4) is 0 Å². The molecule has 5 nitrogen and oxygen atoms in total. The Morgan fingerprint density at radius 1 is 1.38 bits per heavy atom. The smallest absolute Gasteiger partial charge is 0.334 e. The van der Waals surface area contributed by atoms with Crippen LogP contribution in [-0.2, 0) is 19.1 Å². The lowest BCUT2D eigenvalue weighted by atomic mass is 9.86. The standard InChI is InChI=1S/C19H26O5/c1-10(2)18(21)23-15-8-11(3)6-7-14(20)12(4)9-16-17(15)13(5)19(22)24-16/h8-10,14-17,20H,5-7H2,1-4H3/b11-8+,12-9-/t14-,15+,16-,17-/m0/s1. The Labute approximate surface area is 143 Å². The number of ether oxygens (including phenoxy) is 2. The molecule has 24 heavy (non-hydrogen) atoms. The highest BCUT2D eigenvalue weighted by atomic mass is 16.6. The van der Waals surface area contributed by atoms with Gasteiger partial charge in [0, 0.05) is 5.57 Å². The molecular formula is C19H26O5.